The minimum Gasteiger partial charge on any atom is -0.508 e. The van der Waals surface area contributed by atoms with Gasteiger partial charge < -0.3 is 5.11 Å². The van der Waals surface area contributed by atoms with E-state index >= 15 is 0 Å². The van der Waals surface area contributed by atoms with Crippen molar-refractivity contribution < 1.29 is 5.11 Å². The smallest absolute Gasteiger partial charge is 0.115 e. The van der Waals surface area contributed by atoms with Crippen LogP contribution in [0.3, 0.4) is 0 Å². The SMILES string of the molecule is CCC(C#N)(CC)c1ccc(O)cc1. The van der Waals surface area contributed by atoms with E-state index < -0.39 is 5.41 Å². The van der Waals surface area contributed by atoms with Crippen molar-refractivity contribution >= 4 is 0 Å². The molecular formula is C12H15NO. The van der Waals surface area contributed by atoms with Gasteiger partial charge >= 0.3 is 0 Å². The Balaban J connectivity index is 3.13. The van der Waals surface area contributed by atoms with Crippen molar-refractivity contribution in [1.82, 2.24) is 0 Å². The molecule has 0 heterocycles. The summed E-state index contributed by atoms with van der Waals surface area (Å²) in [5.74, 6) is 0.243. The first-order valence-corrected chi connectivity index (χ1v) is 4.89. The van der Waals surface area contributed by atoms with Crippen molar-refractivity contribution in [1.29, 1.82) is 5.26 Å². The van der Waals surface area contributed by atoms with Gasteiger partial charge in [-0.25, -0.2) is 0 Å². The Bertz CT molecular complexity index is 330. The summed E-state index contributed by atoms with van der Waals surface area (Å²) in [5, 5.41) is 18.3. The van der Waals surface area contributed by atoms with Crippen molar-refractivity contribution in [3.8, 4) is 11.8 Å². The zero-order chi connectivity index (χ0) is 10.6. The lowest BCUT2D eigenvalue weighted by molar-refractivity contribution is 0.472. The molecule has 14 heavy (non-hydrogen) atoms. The molecule has 0 aliphatic rings. The third-order valence-electron chi connectivity index (χ3n) is 2.84. The van der Waals surface area contributed by atoms with E-state index in [0.29, 0.717) is 0 Å². The molecule has 1 aromatic rings. The molecule has 2 heteroatoms. The van der Waals surface area contributed by atoms with Crippen LogP contribution < -0.4 is 0 Å². The lowest BCUT2D eigenvalue weighted by atomic mass is 9.77. The summed E-state index contributed by atoms with van der Waals surface area (Å²) in [6, 6.07) is 9.28. The van der Waals surface area contributed by atoms with Crippen LogP contribution in [-0.2, 0) is 5.41 Å². The molecule has 2 nitrogen and oxygen atoms in total. The number of phenolic OH excluding ortho intramolecular Hbond substituents is 1. The van der Waals surface area contributed by atoms with Gasteiger partial charge in [0.05, 0.1) is 11.5 Å². The quantitative estimate of drug-likeness (QED) is 0.794. The maximum absolute atomic E-state index is 9.19. The van der Waals surface area contributed by atoms with Crippen LogP contribution in [0.5, 0.6) is 5.75 Å². The Morgan fingerprint density at radius 1 is 1.21 bits per heavy atom. The molecular weight excluding hydrogens is 174 g/mol. The largest absolute Gasteiger partial charge is 0.508 e. The van der Waals surface area contributed by atoms with Crippen LogP contribution in [0.1, 0.15) is 32.3 Å². The van der Waals surface area contributed by atoms with E-state index in [2.05, 4.69) is 6.07 Å². The van der Waals surface area contributed by atoms with E-state index in [9.17, 15) is 5.26 Å². The minimum absolute atomic E-state index is 0.243. The zero-order valence-electron chi connectivity index (χ0n) is 8.62. The molecule has 0 aliphatic carbocycles. The van der Waals surface area contributed by atoms with Crippen LogP contribution in [0.15, 0.2) is 24.3 Å². The fraction of sp³-hybridized carbons (Fsp3) is 0.417. The summed E-state index contributed by atoms with van der Waals surface area (Å²) in [6.45, 7) is 4.03. The highest BCUT2D eigenvalue weighted by molar-refractivity contribution is 5.35. The zero-order valence-corrected chi connectivity index (χ0v) is 8.62. The number of rotatable bonds is 3. The van der Waals surface area contributed by atoms with Gasteiger partial charge in [0, 0.05) is 0 Å². The topological polar surface area (TPSA) is 44.0 Å². The average Bonchev–Trinajstić information content (AvgIpc) is 2.24. The Morgan fingerprint density at radius 2 is 1.71 bits per heavy atom. The second-order valence-electron chi connectivity index (χ2n) is 3.45. The lowest BCUT2D eigenvalue weighted by Gasteiger charge is -2.23. The molecule has 0 amide bonds. The summed E-state index contributed by atoms with van der Waals surface area (Å²) >= 11 is 0. The number of nitriles is 1. The molecule has 0 unspecified atom stereocenters. The fourth-order valence-corrected chi connectivity index (χ4v) is 1.66. The van der Waals surface area contributed by atoms with Crippen LogP contribution in [0.25, 0.3) is 0 Å². The first-order chi connectivity index (χ1) is 6.68. The van der Waals surface area contributed by atoms with E-state index in [1.165, 1.54) is 0 Å². The average molecular weight is 189 g/mol. The van der Waals surface area contributed by atoms with Gasteiger partial charge in [0.2, 0.25) is 0 Å². The number of hydrogen-bond acceptors (Lipinski definition) is 2. The Morgan fingerprint density at radius 3 is 2.07 bits per heavy atom. The molecule has 0 saturated carbocycles. The Labute approximate surface area is 84.8 Å². The summed E-state index contributed by atoms with van der Waals surface area (Å²) in [6.07, 6.45) is 1.59. The third-order valence-corrected chi connectivity index (χ3v) is 2.84. The first kappa shape index (κ1) is 10.6. The van der Waals surface area contributed by atoms with E-state index in [1.807, 2.05) is 26.0 Å². The molecule has 0 bridgehead atoms. The highest BCUT2D eigenvalue weighted by atomic mass is 16.3. The molecule has 1 aromatic carbocycles. The fourth-order valence-electron chi connectivity index (χ4n) is 1.66. The lowest BCUT2D eigenvalue weighted by Crippen LogP contribution is -2.21. The van der Waals surface area contributed by atoms with E-state index in [0.717, 1.165) is 18.4 Å². The molecule has 0 spiro atoms. The van der Waals surface area contributed by atoms with E-state index in [1.54, 1.807) is 12.1 Å². The van der Waals surface area contributed by atoms with Crippen molar-refractivity contribution in [2.75, 3.05) is 0 Å². The van der Waals surface area contributed by atoms with Crippen molar-refractivity contribution in [2.45, 2.75) is 32.1 Å². The monoisotopic (exact) mass is 189 g/mol. The summed E-state index contributed by atoms with van der Waals surface area (Å²) in [4.78, 5) is 0. The van der Waals surface area contributed by atoms with Gasteiger partial charge in [-0.15, -0.1) is 0 Å². The summed E-state index contributed by atoms with van der Waals surface area (Å²) in [5.41, 5.74) is 0.594. The highest BCUT2D eigenvalue weighted by Crippen LogP contribution is 2.31. The molecule has 0 atom stereocenters. The normalized spacial score (nSPS) is 10.9. The van der Waals surface area contributed by atoms with Crippen molar-refractivity contribution in [3.63, 3.8) is 0 Å². The third kappa shape index (κ3) is 1.72. The second kappa shape index (κ2) is 4.15. The van der Waals surface area contributed by atoms with Gasteiger partial charge in [0.25, 0.3) is 0 Å². The molecule has 74 valence electrons. The van der Waals surface area contributed by atoms with Crippen LogP contribution in [-0.4, -0.2) is 5.11 Å². The number of phenols is 1. The molecule has 0 radical (unpaired) electrons. The van der Waals surface area contributed by atoms with Gasteiger partial charge in [-0.2, -0.15) is 5.26 Å². The van der Waals surface area contributed by atoms with Gasteiger partial charge in [-0.3, -0.25) is 0 Å². The summed E-state index contributed by atoms with van der Waals surface area (Å²) in [7, 11) is 0. The van der Waals surface area contributed by atoms with Crippen LogP contribution in [0.4, 0.5) is 0 Å². The molecule has 1 N–H and O–H groups in total. The van der Waals surface area contributed by atoms with Gasteiger partial charge in [-0.05, 0) is 30.5 Å². The molecule has 0 aliphatic heterocycles. The predicted octanol–water partition coefficient (Wildman–Crippen LogP) is 2.97. The van der Waals surface area contributed by atoms with Crippen molar-refractivity contribution in [2.24, 2.45) is 0 Å². The number of hydrogen-bond donors (Lipinski definition) is 1. The maximum Gasteiger partial charge on any atom is 0.115 e. The van der Waals surface area contributed by atoms with Crippen molar-refractivity contribution in [3.05, 3.63) is 29.8 Å². The summed E-state index contributed by atoms with van der Waals surface area (Å²) < 4.78 is 0. The molecule has 0 aromatic heterocycles. The van der Waals surface area contributed by atoms with Gasteiger partial charge in [-0.1, -0.05) is 26.0 Å². The standard InChI is InChI=1S/C12H15NO/c1-3-12(4-2,9-13)10-5-7-11(14)8-6-10/h5-8,14H,3-4H2,1-2H3. The molecule has 1 rings (SSSR count). The van der Waals surface area contributed by atoms with Crippen LogP contribution in [0.2, 0.25) is 0 Å². The first-order valence-electron chi connectivity index (χ1n) is 4.89. The minimum atomic E-state index is -0.395. The van der Waals surface area contributed by atoms with E-state index in [-0.39, 0.29) is 5.75 Å². The van der Waals surface area contributed by atoms with Gasteiger partial charge in [0.15, 0.2) is 0 Å². The maximum atomic E-state index is 9.19. The number of benzene rings is 1. The Hall–Kier alpha value is -1.49. The Kier molecular flexibility index (Phi) is 3.14. The van der Waals surface area contributed by atoms with Crippen LogP contribution in [0, 0.1) is 11.3 Å². The molecule has 0 fully saturated rings. The predicted molar refractivity (Wildman–Crippen MR) is 56.0 cm³/mol. The van der Waals surface area contributed by atoms with Gasteiger partial charge in [0.1, 0.15) is 5.75 Å². The number of aromatic hydroxyl groups is 1. The van der Waals surface area contributed by atoms with E-state index in [4.69, 9.17) is 5.11 Å². The molecule has 0 saturated heterocycles. The number of nitrogens with zero attached hydrogens (tertiary/aromatic N) is 1. The highest BCUT2D eigenvalue weighted by Gasteiger charge is 2.27. The van der Waals surface area contributed by atoms with Crippen LogP contribution >= 0.6 is 0 Å². The second-order valence-corrected chi connectivity index (χ2v) is 3.45.